The lowest BCUT2D eigenvalue weighted by Gasteiger charge is -2.06. The Labute approximate surface area is 166 Å². The van der Waals surface area contributed by atoms with Crippen molar-refractivity contribution in [3.8, 4) is 11.8 Å². The second-order valence-corrected chi connectivity index (χ2v) is 6.47. The van der Waals surface area contributed by atoms with Gasteiger partial charge in [0.1, 0.15) is 11.5 Å². The largest absolute Gasteiger partial charge is 0.396 e. The van der Waals surface area contributed by atoms with Crippen molar-refractivity contribution < 1.29 is 4.79 Å². The zero-order valence-electron chi connectivity index (χ0n) is 15.6. The average Bonchev–Trinajstić information content (AvgIpc) is 3.12. The second-order valence-electron chi connectivity index (χ2n) is 6.47. The van der Waals surface area contributed by atoms with Gasteiger partial charge in [-0.1, -0.05) is 12.0 Å². The topological polar surface area (TPSA) is 105 Å². The van der Waals surface area contributed by atoms with Gasteiger partial charge in [0.05, 0.1) is 11.9 Å². The second kappa shape index (κ2) is 7.37. The van der Waals surface area contributed by atoms with Crippen molar-refractivity contribution in [2.75, 3.05) is 11.1 Å². The molecule has 29 heavy (non-hydrogen) atoms. The summed E-state index contributed by atoms with van der Waals surface area (Å²) < 4.78 is 1.82. The number of nitrogens with one attached hydrogen (secondary N) is 2. The third-order valence-electron chi connectivity index (χ3n) is 4.41. The summed E-state index contributed by atoms with van der Waals surface area (Å²) in [6.45, 7) is 1.92. The van der Waals surface area contributed by atoms with Crippen LogP contribution in [0.4, 0.5) is 11.5 Å². The van der Waals surface area contributed by atoms with Crippen LogP contribution in [-0.2, 0) is 0 Å². The molecule has 0 radical (unpaired) electrons. The molecule has 0 unspecified atom stereocenters. The van der Waals surface area contributed by atoms with Crippen LogP contribution in [0.15, 0.2) is 65.8 Å². The maximum atomic E-state index is 12.5. The summed E-state index contributed by atoms with van der Waals surface area (Å²) in [4.78, 5) is 31.1. The monoisotopic (exact) mass is 383 g/mol. The number of hydrogen-bond acceptors (Lipinski definition) is 4. The van der Waals surface area contributed by atoms with Crippen LogP contribution in [0.2, 0.25) is 0 Å². The molecule has 0 fully saturated rings. The lowest BCUT2D eigenvalue weighted by Crippen LogP contribution is -2.14. The Morgan fingerprint density at radius 1 is 1.21 bits per heavy atom. The van der Waals surface area contributed by atoms with E-state index in [0.29, 0.717) is 28.4 Å². The van der Waals surface area contributed by atoms with E-state index < -0.39 is 0 Å². The number of hydrogen-bond donors (Lipinski definition) is 3. The first-order valence-electron chi connectivity index (χ1n) is 8.85. The zero-order valence-corrected chi connectivity index (χ0v) is 15.6. The number of rotatable bonds is 2. The van der Waals surface area contributed by atoms with E-state index >= 15 is 0 Å². The van der Waals surface area contributed by atoms with E-state index in [4.69, 9.17) is 5.73 Å². The number of carbonyl (C=O) groups is 1. The van der Waals surface area contributed by atoms with Gasteiger partial charge < -0.3 is 16.0 Å². The molecular formula is C22H17N5O2. The van der Waals surface area contributed by atoms with Gasteiger partial charge in [-0.15, -0.1) is 0 Å². The van der Waals surface area contributed by atoms with Crippen LogP contribution >= 0.6 is 0 Å². The molecule has 0 saturated carbocycles. The van der Waals surface area contributed by atoms with Gasteiger partial charge in [0, 0.05) is 35.7 Å². The van der Waals surface area contributed by atoms with Gasteiger partial charge in [0.25, 0.3) is 5.91 Å². The van der Waals surface area contributed by atoms with Crippen LogP contribution in [-0.4, -0.2) is 20.3 Å². The highest BCUT2D eigenvalue weighted by molar-refractivity contribution is 6.04. The molecule has 4 aromatic rings. The quantitative estimate of drug-likeness (QED) is 0.463. The molecule has 0 aliphatic heterocycles. The number of anilines is 2. The number of H-pyrrole nitrogens is 1. The molecule has 0 saturated heterocycles. The number of aryl methyl sites for hydroxylation is 1. The lowest BCUT2D eigenvalue weighted by molar-refractivity contribution is 0.102. The Kier molecular flexibility index (Phi) is 4.59. The SMILES string of the molecule is Cc1ccc(C(=O)Nc2cc(=O)cc[nH]2)cc1C#Cc1cnc2c(N)cccn12. The van der Waals surface area contributed by atoms with Crippen molar-refractivity contribution in [1.82, 2.24) is 14.4 Å². The molecule has 3 heterocycles. The van der Waals surface area contributed by atoms with Crippen LogP contribution in [0.5, 0.6) is 0 Å². The molecule has 3 aromatic heterocycles. The fraction of sp³-hybridized carbons (Fsp3) is 0.0455. The standard InChI is InChI=1S/C22H17N5O2/c1-14-4-5-16(22(29)26-20-12-18(28)8-9-24-20)11-15(14)6-7-17-13-25-21-19(23)3-2-10-27(17)21/h2-5,8-13H,23H2,1H3,(H2,24,26,28,29). The summed E-state index contributed by atoms with van der Waals surface area (Å²) in [5, 5.41) is 2.68. The van der Waals surface area contributed by atoms with Gasteiger partial charge in [-0.05, 0) is 42.7 Å². The number of amides is 1. The Bertz CT molecular complexity index is 1350. The Balaban J connectivity index is 1.64. The predicted octanol–water partition coefficient (Wildman–Crippen LogP) is 2.57. The summed E-state index contributed by atoms with van der Waals surface area (Å²) in [7, 11) is 0. The first-order valence-corrected chi connectivity index (χ1v) is 8.85. The Morgan fingerprint density at radius 3 is 2.90 bits per heavy atom. The van der Waals surface area contributed by atoms with Crippen LogP contribution in [0.25, 0.3) is 5.65 Å². The number of nitrogens with zero attached hydrogens (tertiary/aromatic N) is 2. The van der Waals surface area contributed by atoms with E-state index in [1.54, 1.807) is 24.4 Å². The first kappa shape index (κ1) is 18.1. The van der Waals surface area contributed by atoms with E-state index in [0.717, 1.165) is 11.1 Å². The maximum Gasteiger partial charge on any atom is 0.256 e. The molecule has 0 atom stereocenters. The minimum absolute atomic E-state index is 0.191. The van der Waals surface area contributed by atoms with Gasteiger partial charge in [0.2, 0.25) is 0 Å². The summed E-state index contributed by atoms with van der Waals surface area (Å²) in [6, 6.07) is 11.6. The smallest absolute Gasteiger partial charge is 0.256 e. The van der Waals surface area contributed by atoms with Crippen molar-refractivity contribution in [2.45, 2.75) is 6.92 Å². The van der Waals surface area contributed by atoms with Gasteiger partial charge in [-0.3, -0.25) is 14.0 Å². The Hall–Kier alpha value is -4.31. The summed E-state index contributed by atoms with van der Waals surface area (Å²) in [6.07, 6.45) is 4.99. The van der Waals surface area contributed by atoms with E-state index in [2.05, 4.69) is 27.1 Å². The lowest BCUT2D eigenvalue weighted by atomic mass is 10.0. The molecule has 1 amide bonds. The number of fused-ring (bicyclic) bond motifs is 1. The maximum absolute atomic E-state index is 12.5. The van der Waals surface area contributed by atoms with Crippen LogP contribution in [0.3, 0.4) is 0 Å². The fourth-order valence-corrected chi connectivity index (χ4v) is 2.87. The third-order valence-corrected chi connectivity index (χ3v) is 4.41. The van der Waals surface area contributed by atoms with Crippen LogP contribution in [0, 0.1) is 18.8 Å². The minimum atomic E-state index is -0.336. The summed E-state index contributed by atoms with van der Waals surface area (Å²) in [5.41, 5.74) is 9.76. The number of imidazole rings is 1. The molecule has 7 nitrogen and oxygen atoms in total. The number of nitrogen functional groups attached to an aromatic ring is 1. The fourth-order valence-electron chi connectivity index (χ4n) is 2.87. The van der Waals surface area contributed by atoms with Gasteiger partial charge in [-0.2, -0.15) is 0 Å². The van der Waals surface area contributed by atoms with Gasteiger partial charge >= 0.3 is 0 Å². The molecular weight excluding hydrogens is 366 g/mol. The average molecular weight is 383 g/mol. The number of benzene rings is 1. The Morgan fingerprint density at radius 2 is 2.07 bits per heavy atom. The molecule has 0 aliphatic carbocycles. The number of aromatic nitrogens is 3. The molecule has 4 rings (SSSR count). The van der Waals surface area contributed by atoms with Crippen molar-refractivity contribution in [3.05, 3.63) is 93.7 Å². The molecule has 4 N–H and O–H groups in total. The molecule has 1 aromatic carbocycles. The van der Waals surface area contributed by atoms with Gasteiger partial charge in [-0.25, -0.2) is 4.98 Å². The van der Waals surface area contributed by atoms with Crippen LogP contribution < -0.4 is 16.5 Å². The minimum Gasteiger partial charge on any atom is -0.396 e. The summed E-state index contributed by atoms with van der Waals surface area (Å²) >= 11 is 0. The molecule has 0 aliphatic rings. The van der Waals surface area contributed by atoms with Crippen molar-refractivity contribution >= 4 is 23.1 Å². The summed E-state index contributed by atoms with van der Waals surface area (Å²) in [5.74, 6) is 6.19. The molecule has 0 bridgehead atoms. The predicted molar refractivity (Wildman–Crippen MR) is 112 cm³/mol. The number of aromatic amines is 1. The third kappa shape index (κ3) is 3.73. The van der Waals surface area contributed by atoms with Crippen molar-refractivity contribution in [2.24, 2.45) is 0 Å². The highest BCUT2D eigenvalue weighted by Crippen LogP contribution is 2.15. The van der Waals surface area contributed by atoms with E-state index in [1.165, 1.54) is 18.3 Å². The van der Waals surface area contributed by atoms with Crippen molar-refractivity contribution in [1.29, 1.82) is 0 Å². The van der Waals surface area contributed by atoms with Crippen molar-refractivity contribution in [3.63, 3.8) is 0 Å². The normalized spacial score (nSPS) is 10.4. The first-order chi connectivity index (χ1) is 14.0. The van der Waals surface area contributed by atoms with E-state index in [-0.39, 0.29) is 11.3 Å². The van der Waals surface area contributed by atoms with E-state index in [1.807, 2.05) is 29.7 Å². The number of carbonyl (C=O) groups excluding carboxylic acids is 1. The molecule has 142 valence electrons. The molecule has 0 spiro atoms. The van der Waals surface area contributed by atoms with Crippen LogP contribution in [0.1, 0.15) is 27.2 Å². The number of nitrogens with two attached hydrogens (primary N) is 1. The highest BCUT2D eigenvalue weighted by Gasteiger charge is 2.09. The van der Waals surface area contributed by atoms with Gasteiger partial charge in [0.15, 0.2) is 11.1 Å². The zero-order chi connectivity index (χ0) is 20.4. The highest BCUT2D eigenvalue weighted by atomic mass is 16.1. The number of pyridine rings is 2. The van der Waals surface area contributed by atoms with E-state index in [9.17, 15) is 9.59 Å². The molecule has 7 heteroatoms.